The number of hydrogen-bond acceptors (Lipinski definition) is 3. The Morgan fingerprint density at radius 3 is 2.61 bits per heavy atom. The minimum Gasteiger partial charge on any atom is -0.359 e. The van der Waals surface area contributed by atoms with Gasteiger partial charge in [-0.3, -0.25) is 14.6 Å². The number of nitrogens with one attached hydrogen (secondary N) is 1. The molecule has 1 atom stereocenters. The van der Waals surface area contributed by atoms with Crippen molar-refractivity contribution in [1.29, 1.82) is 0 Å². The molecule has 0 radical (unpaired) electrons. The van der Waals surface area contributed by atoms with E-state index in [0.29, 0.717) is 25.9 Å². The molecule has 0 unspecified atom stereocenters. The molecule has 2 aromatic rings. The minimum atomic E-state index is -0.572. The van der Waals surface area contributed by atoms with Gasteiger partial charge in [-0.2, -0.15) is 0 Å². The van der Waals surface area contributed by atoms with Crippen molar-refractivity contribution >= 4 is 11.8 Å². The first-order valence-corrected chi connectivity index (χ1v) is 10.1. The topological polar surface area (TPSA) is 62.3 Å². The average molecular weight is 377 g/mol. The summed E-state index contributed by atoms with van der Waals surface area (Å²) < 4.78 is 0. The second-order valence-corrected chi connectivity index (χ2v) is 8.07. The molecule has 1 aromatic carbocycles. The first-order chi connectivity index (χ1) is 13.6. The van der Waals surface area contributed by atoms with Crippen LogP contribution in [0, 0.1) is 11.3 Å². The van der Waals surface area contributed by atoms with Crippen LogP contribution in [0.25, 0.3) is 11.1 Å². The average Bonchev–Trinajstić information content (AvgIpc) is 3.12. The van der Waals surface area contributed by atoms with Gasteiger partial charge < -0.3 is 10.2 Å². The van der Waals surface area contributed by atoms with Crippen LogP contribution in [-0.4, -0.2) is 41.8 Å². The summed E-state index contributed by atoms with van der Waals surface area (Å²) in [7, 11) is 1.69. The fraction of sp³-hybridized carbons (Fsp3) is 0.435. The van der Waals surface area contributed by atoms with Crippen LogP contribution in [0.2, 0.25) is 0 Å². The van der Waals surface area contributed by atoms with E-state index in [2.05, 4.69) is 22.4 Å². The van der Waals surface area contributed by atoms with Gasteiger partial charge in [-0.15, -0.1) is 0 Å². The molecule has 2 amide bonds. The zero-order valence-electron chi connectivity index (χ0n) is 16.4. The molecule has 0 bridgehead atoms. The van der Waals surface area contributed by atoms with Crippen molar-refractivity contribution in [2.24, 2.45) is 11.3 Å². The number of carbonyl (C=O) groups excluding carboxylic acids is 2. The maximum Gasteiger partial charge on any atom is 0.228 e. The van der Waals surface area contributed by atoms with E-state index in [1.54, 1.807) is 19.4 Å². The van der Waals surface area contributed by atoms with Gasteiger partial charge in [-0.1, -0.05) is 30.7 Å². The summed E-state index contributed by atoms with van der Waals surface area (Å²) in [5, 5.41) is 2.86. The summed E-state index contributed by atoms with van der Waals surface area (Å²) in [6.07, 6.45) is 8.03. The van der Waals surface area contributed by atoms with Gasteiger partial charge >= 0.3 is 0 Å². The number of pyridine rings is 1. The molecule has 4 rings (SSSR count). The standard InChI is InChI=1S/C23H27N3O2/c1-24-22(28)23(11-14-26(16-23)21(27)18-6-4-7-18)15-19-5-2-3-8-20(19)17-9-12-25-13-10-17/h2-3,5,8-10,12-13,18H,4,6-7,11,14-16H2,1H3,(H,24,28)/t23-/m0/s1. The van der Waals surface area contributed by atoms with Gasteiger partial charge in [0.1, 0.15) is 0 Å². The van der Waals surface area contributed by atoms with E-state index >= 15 is 0 Å². The first kappa shape index (κ1) is 18.7. The van der Waals surface area contributed by atoms with Crippen LogP contribution < -0.4 is 5.32 Å². The minimum absolute atomic E-state index is 0.0286. The summed E-state index contributed by atoms with van der Waals surface area (Å²) in [5.41, 5.74) is 2.78. The highest BCUT2D eigenvalue weighted by Crippen LogP contribution is 2.39. The lowest BCUT2D eigenvalue weighted by atomic mass is 9.78. The van der Waals surface area contributed by atoms with E-state index in [0.717, 1.165) is 36.0 Å². The SMILES string of the molecule is CNC(=O)[C@]1(Cc2ccccc2-c2ccncc2)CCN(C(=O)C2CCC2)C1. The molecule has 1 aromatic heterocycles. The Morgan fingerprint density at radius 2 is 1.93 bits per heavy atom. The van der Waals surface area contributed by atoms with E-state index in [4.69, 9.17) is 0 Å². The quantitative estimate of drug-likeness (QED) is 0.871. The number of rotatable bonds is 5. The van der Waals surface area contributed by atoms with E-state index in [9.17, 15) is 9.59 Å². The van der Waals surface area contributed by atoms with Gasteiger partial charge in [0.05, 0.1) is 5.41 Å². The van der Waals surface area contributed by atoms with Crippen LogP contribution in [0.1, 0.15) is 31.2 Å². The van der Waals surface area contributed by atoms with Crippen LogP contribution in [0.5, 0.6) is 0 Å². The molecule has 2 heterocycles. The third-order valence-corrected chi connectivity index (χ3v) is 6.37. The van der Waals surface area contributed by atoms with E-state index < -0.39 is 5.41 Å². The van der Waals surface area contributed by atoms with Crippen molar-refractivity contribution in [2.45, 2.75) is 32.1 Å². The lowest BCUT2D eigenvalue weighted by Crippen LogP contribution is -2.45. The van der Waals surface area contributed by atoms with E-state index in [-0.39, 0.29) is 17.7 Å². The molecule has 28 heavy (non-hydrogen) atoms. The summed E-state index contributed by atoms with van der Waals surface area (Å²) in [6, 6.07) is 12.2. The van der Waals surface area contributed by atoms with Gasteiger partial charge in [0.15, 0.2) is 0 Å². The van der Waals surface area contributed by atoms with Crippen LogP contribution in [0.4, 0.5) is 0 Å². The molecule has 1 saturated carbocycles. The molecule has 5 heteroatoms. The molecule has 5 nitrogen and oxygen atoms in total. The Hall–Kier alpha value is -2.69. The van der Waals surface area contributed by atoms with Crippen LogP contribution in [0.3, 0.4) is 0 Å². The Balaban J connectivity index is 1.62. The molecular weight excluding hydrogens is 350 g/mol. The number of aromatic nitrogens is 1. The smallest absolute Gasteiger partial charge is 0.228 e. The number of amides is 2. The third-order valence-electron chi connectivity index (χ3n) is 6.37. The maximum atomic E-state index is 13.0. The van der Waals surface area contributed by atoms with Crippen molar-refractivity contribution in [3.63, 3.8) is 0 Å². The number of likely N-dealkylation sites (tertiary alicyclic amines) is 1. The molecule has 1 saturated heterocycles. The normalized spacial score (nSPS) is 22.0. The zero-order valence-corrected chi connectivity index (χ0v) is 16.4. The molecule has 146 valence electrons. The molecule has 1 N–H and O–H groups in total. The fourth-order valence-corrected chi connectivity index (χ4v) is 4.50. The van der Waals surface area contributed by atoms with Gasteiger partial charge in [0.2, 0.25) is 11.8 Å². The first-order valence-electron chi connectivity index (χ1n) is 10.1. The van der Waals surface area contributed by atoms with Gasteiger partial charge in [0.25, 0.3) is 0 Å². The van der Waals surface area contributed by atoms with Crippen molar-refractivity contribution in [2.75, 3.05) is 20.1 Å². The number of hydrogen-bond donors (Lipinski definition) is 1. The van der Waals surface area contributed by atoms with Crippen molar-refractivity contribution < 1.29 is 9.59 Å². The fourth-order valence-electron chi connectivity index (χ4n) is 4.50. The lowest BCUT2D eigenvalue weighted by Gasteiger charge is -2.32. The molecule has 0 spiro atoms. The zero-order chi connectivity index (χ0) is 19.6. The second kappa shape index (κ2) is 7.74. The Labute approximate surface area is 166 Å². The highest BCUT2D eigenvalue weighted by atomic mass is 16.2. The van der Waals surface area contributed by atoms with E-state index in [1.807, 2.05) is 29.2 Å². The van der Waals surface area contributed by atoms with Gasteiger partial charge in [-0.25, -0.2) is 0 Å². The molecule has 2 fully saturated rings. The van der Waals surface area contributed by atoms with Crippen LogP contribution in [-0.2, 0) is 16.0 Å². The van der Waals surface area contributed by atoms with Crippen molar-refractivity contribution in [3.8, 4) is 11.1 Å². The Kier molecular flexibility index (Phi) is 5.16. The Morgan fingerprint density at radius 1 is 1.18 bits per heavy atom. The molecular formula is C23H27N3O2. The molecule has 2 aliphatic rings. The highest BCUT2D eigenvalue weighted by Gasteiger charge is 2.47. The molecule has 1 aliphatic heterocycles. The summed E-state index contributed by atoms with van der Waals surface area (Å²) in [5.74, 6) is 0.435. The van der Waals surface area contributed by atoms with Crippen molar-refractivity contribution in [3.05, 3.63) is 54.4 Å². The highest BCUT2D eigenvalue weighted by molar-refractivity contribution is 5.86. The number of nitrogens with zero attached hydrogens (tertiary/aromatic N) is 2. The third kappa shape index (κ3) is 3.41. The monoisotopic (exact) mass is 377 g/mol. The Bertz CT molecular complexity index is 863. The van der Waals surface area contributed by atoms with Crippen LogP contribution in [0.15, 0.2) is 48.8 Å². The number of carbonyl (C=O) groups is 2. The number of benzene rings is 1. The summed E-state index contributed by atoms with van der Waals surface area (Å²) in [6.45, 7) is 1.17. The van der Waals surface area contributed by atoms with Gasteiger partial charge in [0, 0.05) is 38.4 Å². The predicted octanol–water partition coefficient (Wildman–Crippen LogP) is 3.06. The summed E-state index contributed by atoms with van der Waals surface area (Å²) >= 11 is 0. The largest absolute Gasteiger partial charge is 0.359 e. The summed E-state index contributed by atoms with van der Waals surface area (Å²) in [4.78, 5) is 31.7. The van der Waals surface area contributed by atoms with E-state index in [1.165, 1.54) is 0 Å². The lowest BCUT2D eigenvalue weighted by molar-refractivity contribution is -0.138. The van der Waals surface area contributed by atoms with Crippen molar-refractivity contribution in [1.82, 2.24) is 15.2 Å². The van der Waals surface area contributed by atoms with Gasteiger partial charge in [-0.05, 0) is 54.5 Å². The predicted molar refractivity (Wildman–Crippen MR) is 108 cm³/mol. The maximum absolute atomic E-state index is 13.0. The van der Waals surface area contributed by atoms with Crippen LogP contribution >= 0.6 is 0 Å². The second-order valence-electron chi connectivity index (χ2n) is 8.07. The molecule has 1 aliphatic carbocycles.